The van der Waals surface area contributed by atoms with Crippen LogP contribution >= 0.6 is 0 Å². The van der Waals surface area contributed by atoms with Crippen LogP contribution in [0.5, 0.6) is 0 Å². The van der Waals surface area contributed by atoms with Crippen LogP contribution in [-0.4, -0.2) is 47.2 Å². The molecule has 0 radical (unpaired) electrons. The van der Waals surface area contributed by atoms with Crippen molar-refractivity contribution in [3.8, 4) is 0 Å². The Balaban J connectivity index is 1.89. The number of ether oxygens (including phenoxy) is 1. The second-order valence-corrected chi connectivity index (χ2v) is 7.33. The van der Waals surface area contributed by atoms with Crippen LogP contribution in [0, 0.1) is 12.8 Å². The molecule has 0 unspecified atom stereocenters. The smallest absolute Gasteiger partial charge is 0.407 e. The second kappa shape index (κ2) is 7.67. The highest BCUT2D eigenvalue weighted by Gasteiger charge is 2.25. The van der Waals surface area contributed by atoms with E-state index >= 15 is 0 Å². The summed E-state index contributed by atoms with van der Waals surface area (Å²) >= 11 is 0. The van der Waals surface area contributed by atoms with Gasteiger partial charge in [0.25, 0.3) is 5.91 Å². The van der Waals surface area contributed by atoms with E-state index in [9.17, 15) is 9.59 Å². The third-order valence-electron chi connectivity index (χ3n) is 4.00. The first-order chi connectivity index (χ1) is 11.7. The van der Waals surface area contributed by atoms with E-state index in [0.717, 1.165) is 25.9 Å². The molecule has 25 heavy (non-hydrogen) atoms. The van der Waals surface area contributed by atoms with Crippen molar-refractivity contribution in [1.29, 1.82) is 0 Å². The van der Waals surface area contributed by atoms with E-state index in [1.165, 1.54) is 6.20 Å². The monoisotopic (exact) mass is 349 g/mol. The minimum absolute atomic E-state index is 0.343. The van der Waals surface area contributed by atoms with E-state index in [1.54, 1.807) is 6.92 Å². The third kappa shape index (κ3) is 5.58. The molecule has 0 bridgehead atoms. The van der Waals surface area contributed by atoms with E-state index in [1.807, 2.05) is 20.8 Å². The van der Waals surface area contributed by atoms with Crippen LogP contribution in [0.1, 0.15) is 49.8 Å². The summed E-state index contributed by atoms with van der Waals surface area (Å²) in [7, 11) is 0. The largest absolute Gasteiger partial charge is 0.444 e. The number of hydrogen-bond acceptors (Lipinski definition) is 6. The maximum Gasteiger partial charge on any atom is 0.407 e. The number of aryl methyl sites for hydroxylation is 1. The van der Waals surface area contributed by atoms with Gasteiger partial charge in [-0.05, 0) is 46.5 Å². The summed E-state index contributed by atoms with van der Waals surface area (Å²) < 4.78 is 5.25. The van der Waals surface area contributed by atoms with Gasteiger partial charge < -0.3 is 20.7 Å². The summed E-state index contributed by atoms with van der Waals surface area (Å²) in [4.78, 5) is 33.8. The quantitative estimate of drug-likeness (QED) is 0.855. The molecule has 0 atom stereocenters. The first-order valence-electron chi connectivity index (χ1n) is 8.51. The Morgan fingerprint density at radius 2 is 2.00 bits per heavy atom. The number of hydrogen-bond donors (Lipinski definition) is 2. The molecular formula is C17H27N5O3. The van der Waals surface area contributed by atoms with Crippen LogP contribution in [-0.2, 0) is 4.74 Å². The number of amides is 2. The van der Waals surface area contributed by atoms with Crippen molar-refractivity contribution in [2.75, 3.05) is 24.5 Å². The van der Waals surface area contributed by atoms with Gasteiger partial charge in [-0.25, -0.2) is 14.8 Å². The normalized spacial score (nSPS) is 15.8. The number of primary amides is 1. The van der Waals surface area contributed by atoms with Gasteiger partial charge in [0.15, 0.2) is 0 Å². The van der Waals surface area contributed by atoms with Gasteiger partial charge in [-0.1, -0.05) is 0 Å². The zero-order valence-electron chi connectivity index (χ0n) is 15.3. The van der Waals surface area contributed by atoms with Crippen molar-refractivity contribution < 1.29 is 14.3 Å². The van der Waals surface area contributed by atoms with E-state index < -0.39 is 17.6 Å². The molecule has 1 aliphatic heterocycles. The van der Waals surface area contributed by atoms with Crippen LogP contribution in [0.2, 0.25) is 0 Å². The van der Waals surface area contributed by atoms with Gasteiger partial charge in [0.05, 0.1) is 0 Å². The highest BCUT2D eigenvalue weighted by Crippen LogP contribution is 2.24. The first-order valence-corrected chi connectivity index (χ1v) is 8.51. The maximum absolute atomic E-state index is 11.7. The Morgan fingerprint density at radius 1 is 1.36 bits per heavy atom. The molecule has 0 aromatic carbocycles. The van der Waals surface area contributed by atoms with Gasteiger partial charge in [0, 0.05) is 25.8 Å². The molecular weight excluding hydrogens is 322 g/mol. The van der Waals surface area contributed by atoms with Crippen molar-refractivity contribution in [2.45, 2.75) is 46.1 Å². The minimum Gasteiger partial charge on any atom is -0.444 e. The second-order valence-electron chi connectivity index (χ2n) is 7.33. The van der Waals surface area contributed by atoms with E-state index in [2.05, 4.69) is 20.2 Å². The summed E-state index contributed by atoms with van der Waals surface area (Å²) in [6, 6.07) is 0. The highest BCUT2D eigenvalue weighted by atomic mass is 16.6. The number of carbonyl (C=O) groups is 2. The Morgan fingerprint density at radius 3 is 2.56 bits per heavy atom. The van der Waals surface area contributed by atoms with Crippen LogP contribution in [0.25, 0.3) is 0 Å². The lowest BCUT2D eigenvalue weighted by Gasteiger charge is -2.33. The SMILES string of the molecule is Cc1ncc(C(N)=O)c(N2CCC(CNC(=O)OC(C)(C)C)CC2)n1. The Labute approximate surface area is 148 Å². The molecule has 1 saturated heterocycles. The minimum atomic E-state index is -0.524. The molecule has 8 heteroatoms. The lowest BCUT2D eigenvalue weighted by Crippen LogP contribution is -2.41. The number of nitrogens with one attached hydrogen (secondary N) is 1. The topological polar surface area (TPSA) is 110 Å². The number of aromatic nitrogens is 2. The molecule has 3 N–H and O–H groups in total. The average Bonchev–Trinajstić information content (AvgIpc) is 2.51. The molecule has 1 aromatic heterocycles. The lowest BCUT2D eigenvalue weighted by molar-refractivity contribution is 0.0516. The maximum atomic E-state index is 11.7. The number of anilines is 1. The van der Waals surface area contributed by atoms with Gasteiger partial charge in [-0.2, -0.15) is 0 Å². The molecule has 138 valence electrons. The fourth-order valence-electron chi connectivity index (χ4n) is 2.76. The number of rotatable bonds is 4. The Hall–Kier alpha value is -2.38. The number of carbonyl (C=O) groups excluding carboxylic acids is 2. The molecule has 0 saturated carbocycles. The molecule has 1 fully saturated rings. The zero-order chi connectivity index (χ0) is 18.6. The zero-order valence-corrected chi connectivity index (χ0v) is 15.3. The summed E-state index contributed by atoms with van der Waals surface area (Å²) in [5.74, 6) is 1.04. The standard InChI is InChI=1S/C17H27N5O3/c1-11-19-10-13(14(18)23)15(21-11)22-7-5-12(6-8-22)9-20-16(24)25-17(2,3)4/h10,12H,5-9H2,1-4H3,(H2,18,23)(H,20,24). The molecule has 8 nitrogen and oxygen atoms in total. The van der Waals surface area contributed by atoms with Crippen LogP contribution in [0.3, 0.4) is 0 Å². The van der Waals surface area contributed by atoms with Crippen molar-refractivity contribution in [3.05, 3.63) is 17.6 Å². The lowest BCUT2D eigenvalue weighted by atomic mass is 9.96. The molecule has 1 aromatic rings. The number of nitrogens with zero attached hydrogens (tertiary/aromatic N) is 3. The van der Waals surface area contributed by atoms with Crippen molar-refractivity contribution >= 4 is 17.8 Å². The molecule has 2 rings (SSSR count). The molecule has 2 amide bonds. The van der Waals surface area contributed by atoms with Crippen LogP contribution < -0.4 is 16.0 Å². The first kappa shape index (κ1) is 19.0. The van der Waals surface area contributed by atoms with Crippen molar-refractivity contribution in [1.82, 2.24) is 15.3 Å². The van der Waals surface area contributed by atoms with Crippen molar-refractivity contribution in [3.63, 3.8) is 0 Å². The molecule has 2 heterocycles. The number of nitrogens with two attached hydrogens (primary N) is 1. The average molecular weight is 349 g/mol. The highest BCUT2D eigenvalue weighted by molar-refractivity contribution is 5.97. The third-order valence-corrected chi connectivity index (χ3v) is 4.00. The Kier molecular flexibility index (Phi) is 5.81. The summed E-state index contributed by atoms with van der Waals surface area (Å²) in [5.41, 5.74) is 5.27. The summed E-state index contributed by atoms with van der Waals surface area (Å²) in [6.45, 7) is 9.37. The Bertz CT molecular complexity index is 634. The van der Waals surface area contributed by atoms with Gasteiger partial charge in [-0.15, -0.1) is 0 Å². The van der Waals surface area contributed by atoms with E-state index in [0.29, 0.717) is 29.7 Å². The summed E-state index contributed by atoms with van der Waals surface area (Å²) in [6.07, 6.45) is 2.86. The van der Waals surface area contributed by atoms with Crippen molar-refractivity contribution in [2.24, 2.45) is 11.7 Å². The molecule has 0 spiro atoms. The molecule has 0 aliphatic carbocycles. The van der Waals surface area contributed by atoms with Gasteiger partial charge >= 0.3 is 6.09 Å². The van der Waals surface area contributed by atoms with Gasteiger partial charge in [0.1, 0.15) is 22.8 Å². The predicted octanol–water partition coefficient (Wildman–Crippen LogP) is 1.63. The van der Waals surface area contributed by atoms with Crippen LogP contribution in [0.4, 0.5) is 10.6 Å². The van der Waals surface area contributed by atoms with Gasteiger partial charge in [0.2, 0.25) is 0 Å². The summed E-state index contributed by atoms with van der Waals surface area (Å²) in [5, 5.41) is 2.82. The van der Waals surface area contributed by atoms with Gasteiger partial charge in [-0.3, -0.25) is 4.79 Å². The van der Waals surface area contributed by atoms with E-state index in [4.69, 9.17) is 10.5 Å². The number of piperidine rings is 1. The fraction of sp³-hybridized carbons (Fsp3) is 0.647. The molecule has 1 aliphatic rings. The number of alkyl carbamates (subject to hydrolysis) is 1. The predicted molar refractivity (Wildman–Crippen MR) is 94.5 cm³/mol. The van der Waals surface area contributed by atoms with Crippen LogP contribution in [0.15, 0.2) is 6.20 Å². The van der Waals surface area contributed by atoms with E-state index in [-0.39, 0.29) is 0 Å². The fourth-order valence-corrected chi connectivity index (χ4v) is 2.76.